The molecule has 0 saturated carbocycles. The lowest BCUT2D eigenvalue weighted by Gasteiger charge is -2.13. The minimum atomic E-state index is -0.606. The maximum absolute atomic E-state index is 10.2. The van der Waals surface area contributed by atoms with Gasteiger partial charge in [-0.05, 0) is 61.3 Å². The van der Waals surface area contributed by atoms with Gasteiger partial charge in [0.25, 0.3) is 0 Å². The van der Waals surface area contributed by atoms with Crippen molar-refractivity contribution in [1.82, 2.24) is 10.6 Å². The second kappa shape index (κ2) is 15.5. The number of rotatable bonds is 13. The number of benzene rings is 2. The zero-order valence-corrected chi connectivity index (χ0v) is 20.9. The normalized spacial score (nSPS) is 13.0. The van der Waals surface area contributed by atoms with E-state index in [9.17, 15) is 10.2 Å². The number of halogens is 5. The first-order chi connectivity index (χ1) is 14.4. The molecule has 174 valence electrons. The van der Waals surface area contributed by atoms with Gasteiger partial charge in [0.1, 0.15) is 0 Å². The van der Waals surface area contributed by atoms with Gasteiger partial charge in [0.15, 0.2) is 0 Å². The van der Waals surface area contributed by atoms with Gasteiger partial charge in [-0.25, -0.2) is 0 Å². The number of hydrogen-bond donors (Lipinski definition) is 4. The first-order valence-electron chi connectivity index (χ1n) is 10.1. The van der Waals surface area contributed by atoms with Gasteiger partial charge < -0.3 is 20.8 Å². The first-order valence-corrected chi connectivity index (χ1v) is 11.6. The first kappa shape index (κ1) is 28.8. The summed E-state index contributed by atoms with van der Waals surface area (Å²) in [7, 11) is 0. The van der Waals surface area contributed by atoms with Crippen LogP contribution in [0.25, 0.3) is 0 Å². The van der Waals surface area contributed by atoms with Crippen LogP contribution in [-0.2, 0) is 0 Å². The molecular formula is C22H29Cl5N2O2. The average Bonchev–Trinajstić information content (AvgIpc) is 2.73. The third kappa shape index (κ3) is 10.5. The summed E-state index contributed by atoms with van der Waals surface area (Å²) in [5.74, 6) is 0. The summed E-state index contributed by atoms with van der Waals surface area (Å²) < 4.78 is 0. The van der Waals surface area contributed by atoms with Gasteiger partial charge in [-0.3, -0.25) is 0 Å². The fourth-order valence-corrected chi connectivity index (χ4v) is 3.62. The molecule has 4 N–H and O–H groups in total. The molecule has 0 aliphatic heterocycles. The SMILES string of the molecule is Cl.OC(CNCCCCCCNCC(O)c1ccc(Cl)c(Cl)c1)c1ccc(Cl)c(Cl)c1. The lowest BCUT2D eigenvalue weighted by Crippen LogP contribution is -2.23. The summed E-state index contributed by atoms with van der Waals surface area (Å²) in [4.78, 5) is 0. The molecule has 0 radical (unpaired) electrons. The predicted octanol–water partition coefficient (Wildman–Crippen LogP) is 6.23. The molecule has 4 nitrogen and oxygen atoms in total. The van der Waals surface area contributed by atoms with E-state index in [-0.39, 0.29) is 12.4 Å². The van der Waals surface area contributed by atoms with E-state index in [0.717, 1.165) is 49.9 Å². The van der Waals surface area contributed by atoms with E-state index < -0.39 is 12.2 Å². The quantitative estimate of drug-likeness (QED) is 0.232. The number of unbranched alkanes of at least 4 members (excludes halogenated alkanes) is 3. The highest BCUT2D eigenvalue weighted by atomic mass is 35.5. The molecule has 0 fully saturated rings. The maximum atomic E-state index is 10.2. The molecule has 9 heteroatoms. The Morgan fingerprint density at radius 1 is 0.613 bits per heavy atom. The largest absolute Gasteiger partial charge is 0.387 e. The lowest BCUT2D eigenvalue weighted by molar-refractivity contribution is 0.174. The maximum Gasteiger partial charge on any atom is 0.0914 e. The molecule has 0 spiro atoms. The molecule has 0 saturated heterocycles. The topological polar surface area (TPSA) is 64.5 Å². The molecule has 0 heterocycles. The summed E-state index contributed by atoms with van der Waals surface area (Å²) in [5, 5.41) is 28.8. The summed E-state index contributed by atoms with van der Waals surface area (Å²) in [6.07, 6.45) is 3.08. The van der Waals surface area contributed by atoms with E-state index in [0.29, 0.717) is 33.2 Å². The highest BCUT2D eigenvalue weighted by molar-refractivity contribution is 6.42. The zero-order valence-electron chi connectivity index (χ0n) is 17.1. The van der Waals surface area contributed by atoms with Gasteiger partial charge in [0.2, 0.25) is 0 Å². The van der Waals surface area contributed by atoms with Crippen molar-refractivity contribution in [2.75, 3.05) is 26.2 Å². The molecule has 2 aromatic rings. The van der Waals surface area contributed by atoms with E-state index in [1.165, 1.54) is 0 Å². The number of aliphatic hydroxyl groups is 2. The number of aliphatic hydroxyl groups excluding tert-OH is 2. The van der Waals surface area contributed by atoms with Crippen molar-refractivity contribution in [2.45, 2.75) is 37.9 Å². The highest BCUT2D eigenvalue weighted by Crippen LogP contribution is 2.26. The van der Waals surface area contributed by atoms with Crippen LogP contribution >= 0.6 is 58.8 Å². The molecule has 31 heavy (non-hydrogen) atoms. The minimum Gasteiger partial charge on any atom is -0.387 e. The summed E-state index contributed by atoms with van der Waals surface area (Å²) >= 11 is 23.7. The number of hydrogen-bond acceptors (Lipinski definition) is 4. The Hall–Kier alpha value is -0.270. The van der Waals surface area contributed by atoms with Crippen molar-refractivity contribution in [1.29, 1.82) is 0 Å². The molecule has 2 atom stereocenters. The van der Waals surface area contributed by atoms with Crippen molar-refractivity contribution >= 4 is 58.8 Å². The zero-order chi connectivity index (χ0) is 21.9. The van der Waals surface area contributed by atoms with Crippen LogP contribution in [0.2, 0.25) is 20.1 Å². The molecular weight excluding hydrogens is 502 g/mol. The Morgan fingerprint density at radius 3 is 1.35 bits per heavy atom. The van der Waals surface area contributed by atoms with Gasteiger partial charge in [0, 0.05) is 13.1 Å². The van der Waals surface area contributed by atoms with E-state index in [4.69, 9.17) is 46.4 Å². The second-order valence-corrected chi connectivity index (χ2v) is 8.83. The molecule has 0 aliphatic carbocycles. The molecule has 0 aliphatic rings. The summed E-state index contributed by atoms with van der Waals surface area (Å²) in [5.41, 5.74) is 1.51. The highest BCUT2D eigenvalue weighted by Gasteiger charge is 2.10. The van der Waals surface area contributed by atoms with Crippen LogP contribution in [0.15, 0.2) is 36.4 Å². The van der Waals surface area contributed by atoms with Gasteiger partial charge in [-0.2, -0.15) is 0 Å². The standard InChI is InChI=1S/C22H28Cl4N2O2.ClH/c23-17-7-5-15(11-19(17)25)21(29)13-27-9-3-1-2-4-10-28-14-22(30)16-6-8-18(24)20(26)12-16;/h5-8,11-12,21-22,27-30H,1-4,9-10,13-14H2;1H. The Kier molecular flexibility index (Phi) is 14.4. The van der Waals surface area contributed by atoms with E-state index in [1.807, 2.05) is 0 Å². The monoisotopic (exact) mass is 528 g/mol. The third-order valence-electron chi connectivity index (χ3n) is 4.79. The Morgan fingerprint density at radius 2 is 1.00 bits per heavy atom. The smallest absolute Gasteiger partial charge is 0.0914 e. The van der Waals surface area contributed by atoms with Crippen LogP contribution < -0.4 is 10.6 Å². The van der Waals surface area contributed by atoms with E-state index >= 15 is 0 Å². The van der Waals surface area contributed by atoms with Crippen molar-refractivity contribution in [3.8, 4) is 0 Å². The van der Waals surface area contributed by atoms with Crippen LogP contribution in [0, 0.1) is 0 Å². The van der Waals surface area contributed by atoms with Crippen LogP contribution in [-0.4, -0.2) is 36.4 Å². The molecule has 2 unspecified atom stereocenters. The van der Waals surface area contributed by atoms with Gasteiger partial charge in [-0.15, -0.1) is 12.4 Å². The van der Waals surface area contributed by atoms with Crippen LogP contribution in [0.1, 0.15) is 49.0 Å². The minimum absolute atomic E-state index is 0. The molecule has 0 amide bonds. The molecule has 2 rings (SSSR count). The third-order valence-corrected chi connectivity index (χ3v) is 6.27. The Bertz CT molecular complexity index is 729. The van der Waals surface area contributed by atoms with E-state index in [2.05, 4.69) is 10.6 Å². The van der Waals surface area contributed by atoms with Crippen molar-refractivity contribution in [2.24, 2.45) is 0 Å². The Balaban J connectivity index is 0.00000480. The average molecular weight is 531 g/mol. The fraction of sp³-hybridized carbons (Fsp3) is 0.455. The van der Waals surface area contributed by atoms with Crippen LogP contribution in [0.5, 0.6) is 0 Å². The summed E-state index contributed by atoms with van der Waals surface area (Å²) in [6, 6.07) is 10.3. The Labute approximate surface area is 210 Å². The van der Waals surface area contributed by atoms with Gasteiger partial charge in [-0.1, -0.05) is 71.4 Å². The summed E-state index contributed by atoms with van der Waals surface area (Å²) in [6.45, 7) is 2.65. The van der Waals surface area contributed by atoms with Crippen LogP contribution in [0.4, 0.5) is 0 Å². The molecule has 0 bridgehead atoms. The van der Waals surface area contributed by atoms with Crippen molar-refractivity contribution in [3.05, 3.63) is 67.6 Å². The molecule has 0 aromatic heterocycles. The lowest BCUT2D eigenvalue weighted by atomic mass is 10.1. The predicted molar refractivity (Wildman–Crippen MR) is 134 cm³/mol. The van der Waals surface area contributed by atoms with Crippen LogP contribution in [0.3, 0.4) is 0 Å². The van der Waals surface area contributed by atoms with Crippen molar-refractivity contribution < 1.29 is 10.2 Å². The van der Waals surface area contributed by atoms with Crippen molar-refractivity contribution in [3.63, 3.8) is 0 Å². The molecule has 2 aromatic carbocycles. The van der Waals surface area contributed by atoms with Gasteiger partial charge in [0.05, 0.1) is 32.3 Å². The second-order valence-electron chi connectivity index (χ2n) is 7.20. The van der Waals surface area contributed by atoms with E-state index in [1.54, 1.807) is 36.4 Å². The fourth-order valence-electron chi connectivity index (χ4n) is 3.01. The number of nitrogens with one attached hydrogen (secondary N) is 2. The van der Waals surface area contributed by atoms with Gasteiger partial charge >= 0.3 is 0 Å².